The first-order valence-electron chi connectivity index (χ1n) is 5.89. The largest absolute Gasteiger partial charge is 0.418 e. The molecule has 0 saturated heterocycles. The van der Waals surface area contributed by atoms with E-state index in [0.717, 1.165) is 6.07 Å². The molecule has 0 radical (unpaired) electrons. The highest BCUT2D eigenvalue weighted by atomic mass is 19.4. The van der Waals surface area contributed by atoms with Gasteiger partial charge < -0.3 is 5.32 Å². The van der Waals surface area contributed by atoms with Crippen molar-refractivity contribution in [1.82, 2.24) is 0 Å². The van der Waals surface area contributed by atoms with E-state index in [2.05, 4.69) is 5.32 Å². The normalized spacial score (nSPS) is 10.8. The first-order chi connectivity index (χ1) is 9.91. The number of para-hydroxylation sites is 1. The Morgan fingerprint density at radius 1 is 1.10 bits per heavy atom. The molecule has 0 aromatic heterocycles. The topological polar surface area (TPSA) is 52.9 Å². The lowest BCUT2D eigenvalue weighted by Gasteiger charge is -2.13. The van der Waals surface area contributed by atoms with Gasteiger partial charge in [0.25, 0.3) is 5.91 Å². The van der Waals surface area contributed by atoms with Crippen LogP contribution in [0.15, 0.2) is 48.5 Å². The number of nitrogens with zero attached hydrogens (tertiary/aromatic N) is 1. The summed E-state index contributed by atoms with van der Waals surface area (Å²) in [6.07, 6.45) is -4.56. The number of rotatable bonds is 2. The molecule has 1 N–H and O–H groups in total. The predicted octanol–water partition coefficient (Wildman–Crippen LogP) is 3.83. The zero-order valence-corrected chi connectivity index (χ0v) is 10.6. The average molecular weight is 290 g/mol. The van der Waals surface area contributed by atoms with E-state index in [1.165, 1.54) is 42.5 Å². The van der Waals surface area contributed by atoms with Gasteiger partial charge in [0.2, 0.25) is 0 Å². The third-order valence-electron chi connectivity index (χ3n) is 2.73. The Kier molecular flexibility index (Phi) is 3.94. The molecule has 2 aromatic carbocycles. The molecule has 21 heavy (non-hydrogen) atoms. The molecule has 0 bridgehead atoms. The SMILES string of the molecule is N#Cc1cccc(C(=O)Nc2ccccc2C(F)(F)F)c1. The van der Waals surface area contributed by atoms with E-state index in [1.54, 1.807) is 0 Å². The van der Waals surface area contributed by atoms with Crippen molar-refractivity contribution in [3.63, 3.8) is 0 Å². The summed E-state index contributed by atoms with van der Waals surface area (Å²) in [6, 6.07) is 12.3. The molecule has 0 unspecified atom stereocenters. The van der Waals surface area contributed by atoms with E-state index >= 15 is 0 Å². The van der Waals surface area contributed by atoms with Crippen molar-refractivity contribution >= 4 is 11.6 Å². The van der Waals surface area contributed by atoms with Crippen LogP contribution in [0.1, 0.15) is 21.5 Å². The summed E-state index contributed by atoms with van der Waals surface area (Å²) in [5, 5.41) is 11.0. The number of benzene rings is 2. The van der Waals surface area contributed by atoms with E-state index in [1.807, 2.05) is 6.07 Å². The average Bonchev–Trinajstić information content (AvgIpc) is 2.46. The van der Waals surface area contributed by atoms with Gasteiger partial charge in [0.15, 0.2) is 0 Å². The van der Waals surface area contributed by atoms with Crippen LogP contribution in [0.2, 0.25) is 0 Å². The maximum absolute atomic E-state index is 12.8. The van der Waals surface area contributed by atoms with Gasteiger partial charge in [-0.25, -0.2) is 0 Å². The molecular weight excluding hydrogens is 281 g/mol. The molecule has 0 aliphatic rings. The lowest BCUT2D eigenvalue weighted by molar-refractivity contribution is -0.136. The van der Waals surface area contributed by atoms with Crippen molar-refractivity contribution < 1.29 is 18.0 Å². The van der Waals surface area contributed by atoms with Crippen LogP contribution in [0.3, 0.4) is 0 Å². The molecule has 1 amide bonds. The van der Waals surface area contributed by atoms with Crippen molar-refractivity contribution in [1.29, 1.82) is 5.26 Å². The Morgan fingerprint density at radius 2 is 1.81 bits per heavy atom. The Bertz CT molecular complexity index is 717. The summed E-state index contributed by atoms with van der Waals surface area (Å²) < 4.78 is 38.5. The fraction of sp³-hybridized carbons (Fsp3) is 0.0667. The third kappa shape index (κ3) is 3.39. The van der Waals surface area contributed by atoms with E-state index in [9.17, 15) is 18.0 Å². The van der Waals surface area contributed by atoms with Crippen molar-refractivity contribution in [3.8, 4) is 6.07 Å². The Balaban J connectivity index is 2.30. The van der Waals surface area contributed by atoms with Gasteiger partial charge in [0, 0.05) is 5.56 Å². The summed E-state index contributed by atoms with van der Waals surface area (Å²) >= 11 is 0. The minimum atomic E-state index is -4.56. The number of nitriles is 1. The predicted molar refractivity (Wildman–Crippen MR) is 70.6 cm³/mol. The van der Waals surface area contributed by atoms with Gasteiger partial charge in [0.1, 0.15) is 0 Å². The first-order valence-corrected chi connectivity index (χ1v) is 5.89. The summed E-state index contributed by atoms with van der Waals surface area (Å²) in [4.78, 5) is 12.0. The van der Waals surface area contributed by atoms with Crippen LogP contribution in [-0.2, 0) is 6.18 Å². The monoisotopic (exact) mass is 290 g/mol. The highest BCUT2D eigenvalue weighted by molar-refractivity contribution is 6.04. The number of carbonyl (C=O) groups excluding carboxylic acids is 1. The van der Waals surface area contributed by atoms with Crippen LogP contribution < -0.4 is 5.32 Å². The van der Waals surface area contributed by atoms with E-state index in [-0.39, 0.29) is 16.8 Å². The summed E-state index contributed by atoms with van der Waals surface area (Å²) in [7, 11) is 0. The third-order valence-corrected chi connectivity index (χ3v) is 2.73. The van der Waals surface area contributed by atoms with Gasteiger partial charge >= 0.3 is 6.18 Å². The number of carbonyl (C=O) groups is 1. The summed E-state index contributed by atoms with van der Waals surface area (Å²) in [5.74, 6) is -0.705. The number of halogens is 3. The lowest BCUT2D eigenvalue weighted by atomic mass is 10.1. The summed E-state index contributed by atoms with van der Waals surface area (Å²) in [5.41, 5.74) is -0.870. The molecule has 2 rings (SSSR count). The molecular formula is C15H9F3N2O. The van der Waals surface area contributed by atoms with Crippen molar-refractivity contribution in [2.45, 2.75) is 6.18 Å². The molecule has 0 aliphatic heterocycles. The molecule has 0 spiro atoms. The van der Waals surface area contributed by atoms with Crippen LogP contribution in [0, 0.1) is 11.3 Å². The lowest BCUT2D eigenvalue weighted by Crippen LogP contribution is -2.16. The second-order valence-electron chi connectivity index (χ2n) is 4.19. The number of alkyl halides is 3. The molecule has 0 aliphatic carbocycles. The fourth-order valence-electron chi connectivity index (χ4n) is 1.76. The Hall–Kier alpha value is -2.81. The number of hydrogen-bond acceptors (Lipinski definition) is 2. The highest BCUT2D eigenvalue weighted by Crippen LogP contribution is 2.34. The number of nitrogens with one attached hydrogen (secondary N) is 1. The minimum Gasteiger partial charge on any atom is -0.321 e. The van der Waals surface area contributed by atoms with Gasteiger partial charge in [-0.1, -0.05) is 18.2 Å². The first kappa shape index (κ1) is 14.6. The van der Waals surface area contributed by atoms with E-state index < -0.39 is 17.6 Å². The molecule has 3 nitrogen and oxygen atoms in total. The zero-order valence-electron chi connectivity index (χ0n) is 10.6. The molecule has 106 valence electrons. The zero-order chi connectivity index (χ0) is 15.5. The maximum Gasteiger partial charge on any atom is 0.418 e. The van der Waals surface area contributed by atoms with Crippen LogP contribution in [0.25, 0.3) is 0 Å². The molecule has 0 fully saturated rings. The van der Waals surface area contributed by atoms with Crippen molar-refractivity contribution in [2.75, 3.05) is 5.32 Å². The quantitative estimate of drug-likeness (QED) is 0.913. The smallest absolute Gasteiger partial charge is 0.321 e. The fourth-order valence-corrected chi connectivity index (χ4v) is 1.76. The maximum atomic E-state index is 12.8. The van der Waals surface area contributed by atoms with Gasteiger partial charge in [0.05, 0.1) is 22.9 Å². The van der Waals surface area contributed by atoms with Crippen LogP contribution >= 0.6 is 0 Å². The van der Waals surface area contributed by atoms with Gasteiger partial charge in [-0.2, -0.15) is 18.4 Å². The van der Waals surface area contributed by atoms with E-state index in [0.29, 0.717) is 0 Å². The minimum absolute atomic E-state index is 0.117. The van der Waals surface area contributed by atoms with Gasteiger partial charge in [-0.15, -0.1) is 0 Å². The number of amides is 1. The summed E-state index contributed by atoms with van der Waals surface area (Å²) in [6.45, 7) is 0. The molecule has 0 heterocycles. The number of hydrogen-bond donors (Lipinski definition) is 1. The van der Waals surface area contributed by atoms with E-state index in [4.69, 9.17) is 5.26 Å². The Morgan fingerprint density at radius 3 is 2.48 bits per heavy atom. The molecule has 0 saturated carbocycles. The van der Waals surface area contributed by atoms with Crippen LogP contribution in [-0.4, -0.2) is 5.91 Å². The molecule has 6 heteroatoms. The van der Waals surface area contributed by atoms with Crippen LogP contribution in [0.4, 0.5) is 18.9 Å². The standard InChI is InChI=1S/C15H9F3N2O/c16-15(17,18)12-6-1-2-7-13(12)20-14(21)11-5-3-4-10(8-11)9-19/h1-8H,(H,20,21). The van der Waals surface area contributed by atoms with Gasteiger partial charge in [-0.3, -0.25) is 4.79 Å². The van der Waals surface area contributed by atoms with Crippen molar-refractivity contribution in [3.05, 3.63) is 65.2 Å². The van der Waals surface area contributed by atoms with Crippen LogP contribution in [0.5, 0.6) is 0 Å². The molecule has 2 aromatic rings. The molecule has 0 atom stereocenters. The second-order valence-corrected chi connectivity index (χ2v) is 4.19. The van der Waals surface area contributed by atoms with Crippen molar-refractivity contribution in [2.24, 2.45) is 0 Å². The second kappa shape index (κ2) is 5.67. The van der Waals surface area contributed by atoms with Gasteiger partial charge in [-0.05, 0) is 30.3 Å². The number of anilines is 1. The Labute approximate surface area is 118 Å². The highest BCUT2D eigenvalue weighted by Gasteiger charge is 2.33.